The molecule has 1 aliphatic rings. The first-order valence-electron chi connectivity index (χ1n) is 6.67. The number of carbonyl (C=O) groups excluding carboxylic acids is 2. The van der Waals surface area contributed by atoms with Crippen molar-refractivity contribution in [2.75, 3.05) is 0 Å². The molecule has 1 aliphatic heterocycles. The maximum Gasteiger partial charge on any atom is 0.325 e. The van der Waals surface area contributed by atoms with Crippen LogP contribution in [-0.4, -0.2) is 26.8 Å². The number of hydrogen-bond acceptors (Lipinski definition) is 4. The van der Waals surface area contributed by atoms with Crippen LogP contribution in [0.3, 0.4) is 0 Å². The molecule has 2 aromatic rings. The molecule has 1 unspecified atom stereocenters. The SMILES string of the molecule is CC1(c2ccccn2)NC(=O)N(Cc2ccc(Cl)cn2)C1=O. The van der Waals surface area contributed by atoms with Gasteiger partial charge in [-0.2, -0.15) is 0 Å². The van der Waals surface area contributed by atoms with E-state index in [1.807, 2.05) is 0 Å². The number of nitrogens with zero attached hydrogens (tertiary/aromatic N) is 3. The average molecular weight is 317 g/mol. The molecule has 3 heterocycles. The standard InChI is InChI=1S/C15H13ClN4O2/c1-15(12-4-2-3-7-17-12)13(21)20(14(22)19-15)9-11-6-5-10(16)8-18-11/h2-8H,9H2,1H3,(H,19,22). The van der Waals surface area contributed by atoms with Gasteiger partial charge in [-0.3, -0.25) is 19.7 Å². The van der Waals surface area contributed by atoms with Gasteiger partial charge in [-0.15, -0.1) is 0 Å². The van der Waals surface area contributed by atoms with Crippen LogP contribution in [-0.2, 0) is 16.9 Å². The Labute approximate surface area is 132 Å². The van der Waals surface area contributed by atoms with Gasteiger partial charge in [0.1, 0.15) is 0 Å². The van der Waals surface area contributed by atoms with Gasteiger partial charge >= 0.3 is 6.03 Å². The third-order valence-corrected chi connectivity index (χ3v) is 3.78. The van der Waals surface area contributed by atoms with Crippen LogP contribution in [0.4, 0.5) is 4.79 Å². The molecule has 3 amide bonds. The zero-order valence-corrected chi connectivity index (χ0v) is 12.5. The fourth-order valence-corrected chi connectivity index (χ4v) is 2.45. The average Bonchev–Trinajstić information content (AvgIpc) is 2.75. The van der Waals surface area contributed by atoms with Gasteiger partial charge in [0.15, 0.2) is 5.54 Å². The van der Waals surface area contributed by atoms with Crippen molar-refractivity contribution >= 4 is 23.5 Å². The summed E-state index contributed by atoms with van der Waals surface area (Å²) in [5.74, 6) is -0.354. The molecule has 1 atom stereocenters. The van der Waals surface area contributed by atoms with Gasteiger partial charge in [0, 0.05) is 12.4 Å². The van der Waals surface area contributed by atoms with E-state index in [2.05, 4.69) is 15.3 Å². The number of hydrogen-bond donors (Lipinski definition) is 1. The smallest absolute Gasteiger partial charge is 0.318 e. The van der Waals surface area contributed by atoms with Crippen LogP contribution in [0, 0.1) is 0 Å². The second-order valence-corrected chi connectivity index (χ2v) is 5.57. The van der Waals surface area contributed by atoms with Gasteiger partial charge in [0.2, 0.25) is 0 Å². The summed E-state index contributed by atoms with van der Waals surface area (Å²) in [6.07, 6.45) is 3.07. The van der Waals surface area contributed by atoms with Crippen LogP contribution in [0.25, 0.3) is 0 Å². The summed E-state index contributed by atoms with van der Waals surface area (Å²) >= 11 is 5.78. The number of aromatic nitrogens is 2. The molecule has 22 heavy (non-hydrogen) atoms. The molecule has 3 rings (SSSR count). The Morgan fingerprint density at radius 3 is 2.68 bits per heavy atom. The predicted molar refractivity (Wildman–Crippen MR) is 79.9 cm³/mol. The Morgan fingerprint density at radius 1 is 1.23 bits per heavy atom. The zero-order chi connectivity index (χ0) is 15.7. The van der Waals surface area contributed by atoms with Gasteiger partial charge in [-0.05, 0) is 31.2 Å². The first kappa shape index (κ1) is 14.5. The fraction of sp³-hybridized carbons (Fsp3) is 0.200. The highest BCUT2D eigenvalue weighted by atomic mass is 35.5. The highest BCUT2D eigenvalue weighted by Gasteiger charge is 2.49. The molecule has 7 heteroatoms. The van der Waals surface area contributed by atoms with Crippen molar-refractivity contribution in [3.05, 3.63) is 59.1 Å². The third kappa shape index (κ3) is 2.42. The van der Waals surface area contributed by atoms with E-state index < -0.39 is 11.6 Å². The van der Waals surface area contributed by atoms with Crippen molar-refractivity contribution < 1.29 is 9.59 Å². The molecule has 0 bridgehead atoms. The maximum absolute atomic E-state index is 12.7. The lowest BCUT2D eigenvalue weighted by atomic mass is 9.97. The van der Waals surface area contributed by atoms with Crippen LogP contribution in [0.2, 0.25) is 5.02 Å². The van der Waals surface area contributed by atoms with Gasteiger partial charge in [0.25, 0.3) is 5.91 Å². The molecular formula is C15H13ClN4O2. The molecule has 6 nitrogen and oxygen atoms in total. The van der Waals surface area contributed by atoms with Crippen LogP contribution in [0.1, 0.15) is 18.3 Å². The molecule has 1 fully saturated rings. The Morgan fingerprint density at radius 2 is 2.05 bits per heavy atom. The highest BCUT2D eigenvalue weighted by molar-refractivity contribution is 6.30. The van der Waals surface area contributed by atoms with Gasteiger partial charge < -0.3 is 5.32 Å². The molecule has 0 saturated carbocycles. The van der Waals surface area contributed by atoms with Crippen LogP contribution in [0.15, 0.2) is 42.7 Å². The number of carbonyl (C=O) groups is 2. The summed E-state index contributed by atoms with van der Waals surface area (Å²) in [6, 6.07) is 8.12. The lowest BCUT2D eigenvalue weighted by Gasteiger charge is -2.20. The van der Waals surface area contributed by atoms with Gasteiger partial charge in [0.05, 0.1) is 23.0 Å². The van der Waals surface area contributed by atoms with Crippen LogP contribution < -0.4 is 5.32 Å². The largest absolute Gasteiger partial charge is 0.325 e. The lowest BCUT2D eigenvalue weighted by molar-refractivity contribution is -0.131. The molecule has 1 N–H and O–H groups in total. The molecular weight excluding hydrogens is 304 g/mol. The Hall–Kier alpha value is -2.47. The normalized spacial score (nSPS) is 21.1. The van der Waals surface area contributed by atoms with E-state index in [9.17, 15) is 9.59 Å². The van der Waals surface area contributed by atoms with E-state index in [4.69, 9.17) is 11.6 Å². The number of nitrogens with one attached hydrogen (secondary N) is 1. The molecule has 2 aromatic heterocycles. The second-order valence-electron chi connectivity index (χ2n) is 5.13. The van der Waals surface area contributed by atoms with Gasteiger partial charge in [-0.25, -0.2) is 4.79 Å². The van der Waals surface area contributed by atoms with Crippen molar-refractivity contribution in [3.8, 4) is 0 Å². The minimum Gasteiger partial charge on any atom is -0.318 e. The van der Waals surface area contributed by atoms with Crippen molar-refractivity contribution in [2.24, 2.45) is 0 Å². The maximum atomic E-state index is 12.7. The number of halogens is 1. The summed E-state index contributed by atoms with van der Waals surface area (Å²) < 4.78 is 0. The quantitative estimate of drug-likeness (QED) is 0.880. The fourth-order valence-electron chi connectivity index (χ4n) is 2.33. The Kier molecular flexibility index (Phi) is 3.54. The topological polar surface area (TPSA) is 75.2 Å². The van der Waals surface area contributed by atoms with Crippen molar-refractivity contribution in [1.29, 1.82) is 0 Å². The molecule has 112 valence electrons. The highest BCUT2D eigenvalue weighted by Crippen LogP contribution is 2.28. The third-order valence-electron chi connectivity index (χ3n) is 3.56. The summed E-state index contributed by atoms with van der Waals surface area (Å²) in [6.45, 7) is 1.73. The summed E-state index contributed by atoms with van der Waals surface area (Å²) in [4.78, 5) is 34.2. The minimum absolute atomic E-state index is 0.0876. The first-order chi connectivity index (χ1) is 10.5. The monoisotopic (exact) mass is 316 g/mol. The minimum atomic E-state index is -1.16. The molecule has 0 aromatic carbocycles. The number of rotatable bonds is 3. The summed E-state index contributed by atoms with van der Waals surface area (Å²) in [7, 11) is 0. The van der Waals surface area contributed by atoms with Crippen molar-refractivity contribution in [3.63, 3.8) is 0 Å². The first-order valence-corrected chi connectivity index (χ1v) is 7.04. The van der Waals surface area contributed by atoms with Crippen molar-refractivity contribution in [2.45, 2.75) is 19.0 Å². The Balaban J connectivity index is 1.87. The predicted octanol–water partition coefficient (Wildman–Crippen LogP) is 2.10. The van der Waals surface area contributed by atoms with E-state index >= 15 is 0 Å². The zero-order valence-electron chi connectivity index (χ0n) is 11.8. The number of pyridine rings is 2. The number of amides is 3. The van der Waals surface area contributed by atoms with Crippen LogP contribution >= 0.6 is 11.6 Å². The van der Waals surface area contributed by atoms with E-state index in [0.29, 0.717) is 16.4 Å². The molecule has 0 radical (unpaired) electrons. The van der Waals surface area contributed by atoms with E-state index in [0.717, 1.165) is 4.90 Å². The molecule has 0 spiro atoms. The lowest BCUT2D eigenvalue weighted by Crippen LogP contribution is -2.41. The van der Waals surface area contributed by atoms with E-state index in [-0.39, 0.29) is 12.5 Å². The van der Waals surface area contributed by atoms with E-state index in [1.54, 1.807) is 43.5 Å². The van der Waals surface area contributed by atoms with Crippen molar-refractivity contribution in [1.82, 2.24) is 20.2 Å². The Bertz CT molecular complexity index is 720. The second kappa shape index (κ2) is 5.38. The summed E-state index contributed by atoms with van der Waals surface area (Å²) in [5.41, 5.74) is -0.0804. The van der Waals surface area contributed by atoms with E-state index in [1.165, 1.54) is 6.20 Å². The molecule has 1 saturated heterocycles. The number of imide groups is 1. The van der Waals surface area contributed by atoms with Gasteiger partial charge in [-0.1, -0.05) is 17.7 Å². The number of urea groups is 1. The summed E-state index contributed by atoms with van der Waals surface area (Å²) in [5, 5.41) is 3.20. The van der Waals surface area contributed by atoms with Crippen LogP contribution in [0.5, 0.6) is 0 Å². The molecule has 0 aliphatic carbocycles.